The highest BCUT2D eigenvalue weighted by atomic mass is 32.1. The van der Waals surface area contributed by atoms with Gasteiger partial charge in [0.1, 0.15) is 5.01 Å². The van der Waals surface area contributed by atoms with E-state index in [1.54, 1.807) is 30.5 Å². The Kier molecular flexibility index (Phi) is 4.89. The first kappa shape index (κ1) is 15.0. The van der Waals surface area contributed by atoms with Gasteiger partial charge in [0.05, 0.1) is 6.04 Å². The zero-order chi connectivity index (χ0) is 15.2. The van der Waals surface area contributed by atoms with E-state index in [0.29, 0.717) is 11.1 Å². The summed E-state index contributed by atoms with van der Waals surface area (Å²) in [5.41, 5.74) is 6.55. The smallest absolute Gasteiger partial charge is 0.251 e. The largest absolute Gasteiger partial charge is 0.409 e. The number of rotatable bonds is 5. The normalized spacial score (nSPS) is 12.9. The lowest BCUT2D eigenvalue weighted by atomic mass is 10.1. The monoisotopic (exact) mass is 304 g/mol. The van der Waals surface area contributed by atoms with Crippen LogP contribution in [0.3, 0.4) is 0 Å². The molecule has 21 heavy (non-hydrogen) atoms. The van der Waals surface area contributed by atoms with Crippen LogP contribution >= 0.6 is 11.3 Å². The third-order valence-corrected chi connectivity index (χ3v) is 3.90. The number of oxime groups is 1. The van der Waals surface area contributed by atoms with E-state index in [9.17, 15) is 4.79 Å². The minimum atomic E-state index is -0.178. The first-order chi connectivity index (χ1) is 10.2. The molecule has 0 saturated heterocycles. The maximum absolute atomic E-state index is 12.2. The van der Waals surface area contributed by atoms with E-state index in [4.69, 9.17) is 10.9 Å². The van der Waals surface area contributed by atoms with Crippen molar-refractivity contribution in [2.75, 3.05) is 0 Å². The first-order valence-electron chi connectivity index (χ1n) is 6.44. The zero-order valence-electron chi connectivity index (χ0n) is 11.5. The standard InChI is InChI=1S/C14H16N4O2S/c1-2-11(14-16-7-8-21-14)17-13(19)10-5-3-9(4-6-10)12(15)18-20/h3-8,11,20H,2H2,1H3,(H2,15,18)(H,17,19). The highest BCUT2D eigenvalue weighted by molar-refractivity contribution is 7.09. The van der Waals surface area contributed by atoms with Gasteiger partial charge in [-0.3, -0.25) is 4.79 Å². The minimum Gasteiger partial charge on any atom is -0.409 e. The predicted molar refractivity (Wildman–Crippen MR) is 81.6 cm³/mol. The Bertz CT molecular complexity index is 623. The van der Waals surface area contributed by atoms with Crippen LogP contribution in [0.5, 0.6) is 0 Å². The summed E-state index contributed by atoms with van der Waals surface area (Å²) in [6.07, 6.45) is 2.49. The van der Waals surface area contributed by atoms with E-state index in [-0.39, 0.29) is 17.8 Å². The average Bonchev–Trinajstić information content (AvgIpc) is 3.06. The average molecular weight is 304 g/mol. The number of thiazole rings is 1. The predicted octanol–water partition coefficient (Wildman–Crippen LogP) is 2.12. The lowest BCUT2D eigenvalue weighted by molar-refractivity contribution is 0.0935. The Hall–Kier alpha value is -2.41. The number of carbonyl (C=O) groups excluding carboxylic acids is 1. The Morgan fingerprint density at radius 1 is 1.43 bits per heavy atom. The second-order valence-corrected chi connectivity index (χ2v) is 5.29. The van der Waals surface area contributed by atoms with Gasteiger partial charge in [-0.1, -0.05) is 24.2 Å². The van der Waals surface area contributed by atoms with Crippen LogP contribution in [0.15, 0.2) is 41.0 Å². The molecule has 0 fully saturated rings. The fourth-order valence-electron chi connectivity index (χ4n) is 1.84. The lowest BCUT2D eigenvalue weighted by Crippen LogP contribution is -2.28. The van der Waals surface area contributed by atoms with Crippen LogP contribution in [0, 0.1) is 0 Å². The summed E-state index contributed by atoms with van der Waals surface area (Å²) in [7, 11) is 0. The number of nitrogens with zero attached hydrogens (tertiary/aromatic N) is 2. The third-order valence-electron chi connectivity index (χ3n) is 3.01. The van der Waals surface area contributed by atoms with Crippen molar-refractivity contribution in [3.8, 4) is 0 Å². The molecule has 1 amide bonds. The molecular weight excluding hydrogens is 288 g/mol. The molecule has 0 aliphatic heterocycles. The molecule has 0 spiro atoms. The second-order valence-electron chi connectivity index (χ2n) is 4.37. The van der Waals surface area contributed by atoms with Crippen LogP contribution in [0.4, 0.5) is 0 Å². The second kappa shape index (κ2) is 6.85. The van der Waals surface area contributed by atoms with Crippen LogP contribution in [0.1, 0.15) is 40.3 Å². The summed E-state index contributed by atoms with van der Waals surface area (Å²) in [6, 6.07) is 6.44. The van der Waals surface area contributed by atoms with Crippen molar-refractivity contribution in [2.24, 2.45) is 10.9 Å². The number of nitrogens with one attached hydrogen (secondary N) is 1. The van der Waals surface area contributed by atoms with E-state index in [1.807, 2.05) is 12.3 Å². The van der Waals surface area contributed by atoms with E-state index in [1.165, 1.54) is 11.3 Å². The maximum atomic E-state index is 12.2. The van der Waals surface area contributed by atoms with Crippen molar-refractivity contribution in [1.29, 1.82) is 0 Å². The lowest BCUT2D eigenvalue weighted by Gasteiger charge is -2.14. The van der Waals surface area contributed by atoms with Gasteiger partial charge in [-0.15, -0.1) is 11.3 Å². The van der Waals surface area contributed by atoms with Crippen molar-refractivity contribution in [1.82, 2.24) is 10.3 Å². The molecule has 1 aromatic carbocycles. The van der Waals surface area contributed by atoms with Gasteiger partial charge >= 0.3 is 0 Å². The SMILES string of the molecule is CCC(NC(=O)c1ccc(C(N)=NO)cc1)c1nccs1. The topological polar surface area (TPSA) is 101 Å². The summed E-state index contributed by atoms with van der Waals surface area (Å²) < 4.78 is 0. The van der Waals surface area contributed by atoms with Gasteiger partial charge in [-0.05, 0) is 18.6 Å². The molecule has 2 aromatic rings. The van der Waals surface area contributed by atoms with E-state index < -0.39 is 0 Å². The molecule has 1 aromatic heterocycles. The molecule has 110 valence electrons. The van der Waals surface area contributed by atoms with Crippen LogP contribution in [-0.4, -0.2) is 21.9 Å². The number of nitrogens with two attached hydrogens (primary N) is 1. The third kappa shape index (κ3) is 3.57. The summed E-state index contributed by atoms with van der Waals surface area (Å²) in [4.78, 5) is 16.4. The van der Waals surface area contributed by atoms with Gasteiger partial charge < -0.3 is 16.3 Å². The van der Waals surface area contributed by atoms with Crippen LogP contribution in [0.25, 0.3) is 0 Å². The van der Waals surface area contributed by atoms with E-state index in [0.717, 1.165) is 11.4 Å². The van der Waals surface area contributed by atoms with Gasteiger partial charge in [0, 0.05) is 22.7 Å². The van der Waals surface area contributed by atoms with Gasteiger partial charge in [0.25, 0.3) is 5.91 Å². The molecular formula is C14H16N4O2S. The Morgan fingerprint density at radius 3 is 2.62 bits per heavy atom. The highest BCUT2D eigenvalue weighted by Gasteiger charge is 2.16. The number of carbonyl (C=O) groups is 1. The number of hydrogen-bond donors (Lipinski definition) is 3. The quantitative estimate of drug-likeness (QED) is 0.341. The van der Waals surface area contributed by atoms with Gasteiger partial charge in [-0.2, -0.15) is 0 Å². The van der Waals surface area contributed by atoms with Gasteiger partial charge in [0.15, 0.2) is 5.84 Å². The molecule has 0 radical (unpaired) electrons. The zero-order valence-corrected chi connectivity index (χ0v) is 12.3. The number of hydrogen-bond acceptors (Lipinski definition) is 5. The molecule has 6 nitrogen and oxygen atoms in total. The summed E-state index contributed by atoms with van der Waals surface area (Å²) in [5, 5.41) is 17.2. The molecule has 1 atom stereocenters. The molecule has 1 unspecified atom stereocenters. The van der Waals surface area contributed by atoms with Gasteiger partial charge in [0.2, 0.25) is 0 Å². The van der Waals surface area contributed by atoms with Gasteiger partial charge in [-0.25, -0.2) is 4.98 Å². The number of benzene rings is 1. The summed E-state index contributed by atoms with van der Waals surface area (Å²) in [6.45, 7) is 1.99. The molecule has 7 heteroatoms. The van der Waals surface area contributed by atoms with Crippen molar-refractivity contribution in [3.63, 3.8) is 0 Å². The Labute approximate surface area is 126 Å². The molecule has 0 bridgehead atoms. The molecule has 4 N–H and O–H groups in total. The highest BCUT2D eigenvalue weighted by Crippen LogP contribution is 2.19. The van der Waals surface area contributed by atoms with Crippen molar-refractivity contribution in [2.45, 2.75) is 19.4 Å². The fraction of sp³-hybridized carbons (Fsp3) is 0.214. The molecule has 1 heterocycles. The Balaban J connectivity index is 2.09. The van der Waals surface area contributed by atoms with Crippen LogP contribution in [0.2, 0.25) is 0 Å². The molecule has 0 aliphatic rings. The summed E-state index contributed by atoms with van der Waals surface area (Å²) >= 11 is 1.52. The van der Waals surface area contributed by atoms with Crippen molar-refractivity contribution < 1.29 is 10.0 Å². The number of amides is 1. The van der Waals surface area contributed by atoms with E-state index in [2.05, 4.69) is 15.5 Å². The number of aromatic nitrogens is 1. The van der Waals surface area contributed by atoms with Crippen LogP contribution in [-0.2, 0) is 0 Å². The fourth-order valence-corrected chi connectivity index (χ4v) is 2.61. The summed E-state index contributed by atoms with van der Waals surface area (Å²) in [5.74, 6) is -0.167. The minimum absolute atomic E-state index is 0.0104. The molecule has 0 aliphatic carbocycles. The van der Waals surface area contributed by atoms with E-state index >= 15 is 0 Å². The van der Waals surface area contributed by atoms with Crippen LogP contribution < -0.4 is 11.1 Å². The first-order valence-corrected chi connectivity index (χ1v) is 7.32. The Morgan fingerprint density at radius 2 is 2.10 bits per heavy atom. The van der Waals surface area contributed by atoms with Crippen molar-refractivity contribution >= 4 is 23.1 Å². The van der Waals surface area contributed by atoms with Crippen molar-refractivity contribution in [3.05, 3.63) is 52.0 Å². The number of amidine groups is 1. The molecule has 0 saturated carbocycles. The molecule has 2 rings (SSSR count). The maximum Gasteiger partial charge on any atom is 0.251 e.